The minimum atomic E-state index is 0.0507. The van der Waals surface area contributed by atoms with Crippen molar-refractivity contribution in [3.63, 3.8) is 0 Å². The topological polar surface area (TPSA) is 79.2 Å². The van der Waals surface area contributed by atoms with E-state index in [9.17, 15) is 4.79 Å². The molecule has 1 amide bonds. The van der Waals surface area contributed by atoms with Gasteiger partial charge in [0.15, 0.2) is 0 Å². The summed E-state index contributed by atoms with van der Waals surface area (Å²) in [5.41, 5.74) is 2.90. The Kier molecular flexibility index (Phi) is 6.37. The summed E-state index contributed by atoms with van der Waals surface area (Å²) in [7, 11) is 4.10. The molecular weight excluding hydrogens is 414 g/mol. The largest absolute Gasteiger partial charge is 0.304 e. The van der Waals surface area contributed by atoms with Gasteiger partial charge in [-0.2, -0.15) is 5.10 Å². The molecule has 1 saturated carbocycles. The van der Waals surface area contributed by atoms with Crippen LogP contribution in [0.25, 0.3) is 22.0 Å². The van der Waals surface area contributed by atoms with Crippen LogP contribution in [-0.4, -0.2) is 75.2 Å². The Morgan fingerprint density at radius 3 is 2.55 bits per heavy atom. The Morgan fingerprint density at radius 2 is 1.82 bits per heavy atom. The van der Waals surface area contributed by atoms with Crippen LogP contribution in [0.1, 0.15) is 25.7 Å². The molecule has 0 radical (unpaired) electrons. The second-order valence-corrected chi connectivity index (χ2v) is 9.68. The number of carbonyl (C=O) groups excluding carboxylic acids is 1. The number of amides is 1. The zero-order valence-electron chi connectivity index (χ0n) is 19.6. The zero-order valence-corrected chi connectivity index (χ0v) is 19.6. The third-order valence-corrected chi connectivity index (χ3v) is 7.19. The fraction of sp³-hybridized carbons (Fsp3) is 0.520. The van der Waals surface area contributed by atoms with Gasteiger partial charge in [0.2, 0.25) is 11.9 Å². The number of aryl methyl sites for hydroxylation is 1. The van der Waals surface area contributed by atoms with E-state index in [4.69, 9.17) is 0 Å². The Hall–Kier alpha value is -2.84. The van der Waals surface area contributed by atoms with Crippen molar-refractivity contribution in [1.29, 1.82) is 0 Å². The van der Waals surface area contributed by atoms with E-state index in [0.717, 1.165) is 60.8 Å². The maximum Gasteiger partial charge on any atom is 0.229 e. The van der Waals surface area contributed by atoms with Crippen molar-refractivity contribution in [1.82, 2.24) is 29.5 Å². The monoisotopic (exact) mass is 447 g/mol. The third kappa shape index (κ3) is 5.23. The van der Waals surface area contributed by atoms with Crippen LogP contribution in [-0.2, 0) is 11.8 Å². The molecule has 33 heavy (non-hydrogen) atoms. The highest BCUT2D eigenvalue weighted by atomic mass is 16.2. The fourth-order valence-electron chi connectivity index (χ4n) is 5.05. The second-order valence-electron chi connectivity index (χ2n) is 9.68. The summed E-state index contributed by atoms with van der Waals surface area (Å²) in [5.74, 6) is 1.20. The van der Waals surface area contributed by atoms with E-state index < -0.39 is 0 Å². The Morgan fingerprint density at radius 1 is 1.03 bits per heavy atom. The molecule has 0 atom stereocenters. The molecule has 1 N–H and O–H groups in total. The average Bonchev–Trinajstić information content (AvgIpc) is 3.27. The molecular formula is C25H33N7O. The number of piperazine rings is 1. The van der Waals surface area contributed by atoms with Crippen LogP contribution in [0.5, 0.6) is 0 Å². The van der Waals surface area contributed by atoms with Gasteiger partial charge < -0.3 is 9.80 Å². The van der Waals surface area contributed by atoms with Crippen LogP contribution in [0.2, 0.25) is 0 Å². The van der Waals surface area contributed by atoms with Crippen molar-refractivity contribution in [3.05, 3.63) is 36.8 Å². The number of fused-ring (bicyclic) bond motifs is 1. The molecule has 3 heterocycles. The number of carbonyl (C=O) groups is 1. The molecule has 1 aliphatic heterocycles. The maximum atomic E-state index is 12.9. The van der Waals surface area contributed by atoms with Crippen molar-refractivity contribution in [2.75, 3.05) is 45.1 Å². The third-order valence-electron chi connectivity index (χ3n) is 7.19. The number of nitrogens with one attached hydrogen (secondary N) is 1. The predicted octanol–water partition coefficient (Wildman–Crippen LogP) is 3.02. The Bertz CT molecular complexity index is 1110. The SMILES string of the molecule is CN1CCN(C[C@H]2CC[C@H](C(=O)Nc3ncc4ccc(-c5cnn(C)c5)cc4n3)CC2)CC1. The van der Waals surface area contributed by atoms with E-state index in [1.54, 1.807) is 10.9 Å². The van der Waals surface area contributed by atoms with Gasteiger partial charge in [-0.25, -0.2) is 9.97 Å². The van der Waals surface area contributed by atoms with Gasteiger partial charge in [-0.1, -0.05) is 12.1 Å². The van der Waals surface area contributed by atoms with Gasteiger partial charge in [0.05, 0.1) is 11.7 Å². The van der Waals surface area contributed by atoms with Gasteiger partial charge in [0.25, 0.3) is 0 Å². The first-order chi connectivity index (χ1) is 16.0. The van der Waals surface area contributed by atoms with Crippen molar-refractivity contribution >= 4 is 22.8 Å². The molecule has 5 rings (SSSR count). The van der Waals surface area contributed by atoms with Gasteiger partial charge in [-0.3, -0.25) is 14.8 Å². The molecule has 0 unspecified atom stereocenters. The summed E-state index contributed by atoms with van der Waals surface area (Å²) in [6, 6.07) is 6.07. The number of rotatable bonds is 5. The second kappa shape index (κ2) is 9.57. The number of hydrogen-bond acceptors (Lipinski definition) is 6. The maximum absolute atomic E-state index is 12.9. The molecule has 1 aliphatic carbocycles. The summed E-state index contributed by atoms with van der Waals surface area (Å²) in [5, 5.41) is 8.17. The number of hydrogen-bond donors (Lipinski definition) is 1. The molecule has 1 saturated heterocycles. The number of likely N-dealkylation sites (N-methyl/N-ethyl adjacent to an activating group) is 1. The average molecular weight is 448 g/mol. The highest BCUT2D eigenvalue weighted by Gasteiger charge is 2.28. The lowest BCUT2D eigenvalue weighted by Crippen LogP contribution is -2.46. The van der Waals surface area contributed by atoms with E-state index in [1.165, 1.54) is 19.6 Å². The molecule has 1 aromatic carbocycles. The molecule has 3 aromatic rings. The number of nitrogens with zero attached hydrogens (tertiary/aromatic N) is 6. The number of anilines is 1. The van der Waals surface area contributed by atoms with Crippen molar-refractivity contribution in [2.45, 2.75) is 25.7 Å². The van der Waals surface area contributed by atoms with Crippen LogP contribution < -0.4 is 5.32 Å². The van der Waals surface area contributed by atoms with Crippen LogP contribution in [0.15, 0.2) is 36.8 Å². The molecule has 8 heteroatoms. The van der Waals surface area contributed by atoms with Gasteiger partial charge in [0.1, 0.15) is 0 Å². The van der Waals surface area contributed by atoms with E-state index >= 15 is 0 Å². The first-order valence-electron chi connectivity index (χ1n) is 12.0. The molecule has 0 bridgehead atoms. The highest BCUT2D eigenvalue weighted by Crippen LogP contribution is 2.30. The lowest BCUT2D eigenvalue weighted by atomic mass is 9.81. The Labute approximate surface area is 195 Å². The molecule has 0 spiro atoms. The first kappa shape index (κ1) is 22.0. The summed E-state index contributed by atoms with van der Waals surface area (Å²) in [6.45, 7) is 5.83. The van der Waals surface area contributed by atoms with E-state index in [-0.39, 0.29) is 11.8 Å². The lowest BCUT2D eigenvalue weighted by molar-refractivity contribution is -0.121. The fourth-order valence-corrected chi connectivity index (χ4v) is 5.05. The van der Waals surface area contributed by atoms with E-state index in [0.29, 0.717) is 11.9 Å². The minimum absolute atomic E-state index is 0.0507. The summed E-state index contributed by atoms with van der Waals surface area (Å²) >= 11 is 0. The summed E-state index contributed by atoms with van der Waals surface area (Å²) in [4.78, 5) is 26.9. The van der Waals surface area contributed by atoms with Crippen molar-refractivity contribution in [3.8, 4) is 11.1 Å². The molecule has 2 fully saturated rings. The Balaban J connectivity index is 1.18. The van der Waals surface area contributed by atoms with Crippen molar-refractivity contribution in [2.24, 2.45) is 18.9 Å². The highest BCUT2D eigenvalue weighted by molar-refractivity contribution is 5.92. The standard InChI is InChI=1S/C25H33N7O/c1-30-9-11-32(12-10-30)16-18-3-5-19(6-4-18)24(33)29-25-26-14-21-8-7-20(13-23(21)28-25)22-15-27-31(2)17-22/h7-8,13-15,17-19H,3-6,9-12,16H2,1-2H3,(H,26,28,29,33)/t18-,19-. The van der Waals surface area contributed by atoms with Gasteiger partial charge in [-0.05, 0) is 50.3 Å². The number of aromatic nitrogens is 4. The molecule has 8 nitrogen and oxygen atoms in total. The van der Waals surface area contributed by atoms with Crippen LogP contribution in [0.4, 0.5) is 5.95 Å². The normalized spacial score (nSPS) is 22.5. The van der Waals surface area contributed by atoms with E-state index in [1.807, 2.05) is 37.6 Å². The van der Waals surface area contributed by atoms with Crippen LogP contribution in [0, 0.1) is 11.8 Å². The lowest BCUT2D eigenvalue weighted by Gasteiger charge is -2.36. The van der Waals surface area contributed by atoms with Gasteiger partial charge in [-0.15, -0.1) is 0 Å². The van der Waals surface area contributed by atoms with Crippen LogP contribution in [0.3, 0.4) is 0 Å². The first-order valence-corrected chi connectivity index (χ1v) is 12.0. The summed E-state index contributed by atoms with van der Waals surface area (Å²) in [6.07, 6.45) is 9.73. The van der Waals surface area contributed by atoms with E-state index in [2.05, 4.69) is 37.2 Å². The minimum Gasteiger partial charge on any atom is -0.304 e. The van der Waals surface area contributed by atoms with Crippen LogP contribution >= 0.6 is 0 Å². The number of benzene rings is 1. The molecule has 174 valence electrons. The van der Waals surface area contributed by atoms with Gasteiger partial charge in [0, 0.05) is 69.0 Å². The summed E-state index contributed by atoms with van der Waals surface area (Å²) < 4.78 is 1.78. The smallest absolute Gasteiger partial charge is 0.229 e. The molecule has 2 aromatic heterocycles. The predicted molar refractivity (Wildman–Crippen MR) is 130 cm³/mol. The zero-order chi connectivity index (χ0) is 22.8. The molecule has 2 aliphatic rings. The van der Waals surface area contributed by atoms with Crippen molar-refractivity contribution < 1.29 is 4.79 Å². The van der Waals surface area contributed by atoms with Gasteiger partial charge >= 0.3 is 0 Å². The quantitative estimate of drug-likeness (QED) is 0.648.